The first-order valence-electron chi connectivity index (χ1n) is 6.84. The van der Waals surface area contributed by atoms with Gasteiger partial charge < -0.3 is 14.6 Å². The Bertz CT molecular complexity index is 343. The van der Waals surface area contributed by atoms with E-state index in [2.05, 4.69) is 6.58 Å². The number of ether oxygens (including phenoxy) is 2. The van der Waals surface area contributed by atoms with Crippen LogP contribution in [0.1, 0.15) is 53.4 Å². The molecule has 19 heavy (non-hydrogen) atoms. The minimum Gasteiger partial charge on any atom is -0.459 e. The third-order valence-corrected chi connectivity index (χ3v) is 3.29. The van der Waals surface area contributed by atoms with Crippen molar-refractivity contribution in [2.24, 2.45) is 0 Å². The van der Waals surface area contributed by atoms with Crippen LogP contribution in [0.2, 0.25) is 0 Å². The predicted molar refractivity (Wildman–Crippen MR) is 73.8 cm³/mol. The zero-order valence-electron chi connectivity index (χ0n) is 12.5. The molecular weight excluding hydrogens is 244 g/mol. The van der Waals surface area contributed by atoms with Crippen molar-refractivity contribution in [3.63, 3.8) is 0 Å². The fourth-order valence-electron chi connectivity index (χ4n) is 2.22. The molecule has 4 nitrogen and oxygen atoms in total. The van der Waals surface area contributed by atoms with E-state index in [1.807, 2.05) is 6.92 Å². The molecule has 0 spiro atoms. The van der Waals surface area contributed by atoms with Crippen LogP contribution in [0.4, 0.5) is 0 Å². The van der Waals surface area contributed by atoms with Gasteiger partial charge in [0.15, 0.2) is 0 Å². The molecule has 1 rings (SSSR count). The summed E-state index contributed by atoms with van der Waals surface area (Å²) < 4.78 is 11.2. The molecule has 0 radical (unpaired) electrons. The number of hydrogen-bond donors (Lipinski definition) is 1. The molecule has 1 aliphatic carbocycles. The van der Waals surface area contributed by atoms with Gasteiger partial charge in [0, 0.05) is 12.0 Å². The van der Waals surface area contributed by atoms with Gasteiger partial charge >= 0.3 is 5.97 Å². The molecule has 110 valence electrons. The van der Waals surface area contributed by atoms with Crippen LogP contribution in [0.25, 0.3) is 0 Å². The second kappa shape index (κ2) is 6.06. The first-order chi connectivity index (χ1) is 8.61. The summed E-state index contributed by atoms with van der Waals surface area (Å²) in [6, 6.07) is 0. The highest BCUT2D eigenvalue weighted by atomic mass is 16.5. The van der Waals surface area contributed by atoms with E-state index in [9.17, 15) is 9.90 Å². The van der Waals surface area contributed by atoms with E-state index in [0.717, 1.165) is 19.3 Å². The van der Waals surface area contributed by atoms with Crippen LogP contribution in [0.15, 0.2) is 12.2 Å². The van der Waals surface area contributed by atoms with Gasteiger partial charge in [0.25, 0.3) is 0 Å². The molecule has 0 aromatic heterocycles. The lowest BCUT2D eigenvalue weighted by Crippen LogP contribution is -2.42. The van der Waals surface area contributed by atoms with Crippen molar-refractivity contribution in [2.45, 2.75) is 70.7 Å². The molecule has 0 heterocycles. The predicted octanol–water partition coefficient (Wildman–Crippen LogP) is 2.59. The SMILES string of the molecule is C=C(C)C(=O)OC1CCCC(C)(OCC(C)(C)O)C1. The topological polar surface area (TPSA) is 55.8 Å². The summed E-state index contributed by atoms with van der Waals surface area (Å²) >= 11 is 0. The average molecular weight is 270 g/mol. The van der Waals surface area contributed by atoms with E-state index >= 15 is 0 Å². The molecule has 4 heteroatoms. The zero-order chi connectivity index (χ0) is 14.7. The van der Waals surface area contributed by atoms with Crippen LogP contribution < -0.4 is 0 Å². The fourth-order valence-corrected chi connectivity index (χ4v) is 2.22. The van der Waals surface area contributed by atoms with E-state index in [1.165, 1.54) is 0 Å². The van der Waals surface area contributed by atoms with Gasteiger partial charge in [0.2, 0.25) is 0 Å². The first kappa shape index (κ1) is 16.2. The van der Waals surface area contributed by atoms with E-state index < -0.39 is 5.60 Å². The van der Waals surface area contributed by atoms with Crippen molar-refractivity contribution in [1.29, 1.82) is 0 Å². The Balaban J connectivity index is 2.53. The number of rotatable bonds is 5. The Morgan fingerprint density at radius 3 is 2.68 bits per heavy atom. The Kier molecular flexibility index (Phi) is 5.16. The van der Waals surface area contributed by atoms with E-state index in [0.29, 0.717) is 12.0 Å². The van der Waals surface area contributed by atoms with Crippen LogP contribution >= 0.6 is 0 Å². The molecule has 0 saturated heterocycles. The van der Waals surface area contributed by atoms with Crippen molar-refractivity contribution in [2.75, 3.05) is 6.61 Å². The van der Waals surface area contributed by atoms with Crippen LogP contribution in [0.3, 0.4) is 0 Å². The molecule has 1 saturated carbocycles. The minimum absolute atomic E-state index is 0.121. The molecule has 0 amide bonds. The minimum atomic E-state index is -0.843. The molecule has 0 bridgehead atoms. The maximum atomic E-state index is 11.5. The molecule has 2 atom stereocenters. The quantitative estimate of drug-likeness (QED) is 0.616. The second-order valence-electron chi connectivity index (χ2n) is 6.46. The van der Waals surface area contributed by atoms with E-state index in [1.54, 1.807) is 20.8 Å². The molecule has 1 fully saturated rings. The fraction of sp³-hybridized carbons (Fsp3) is 0.800. The van der Waals surface area contributed by atoms with Crippen molar-refractivity contribution in [1.82, 2.24) is 0 Å². The normalized spacial score (nSPS) is 27.9. The summed E-state index contributed by atoms with van der Waals surface area (Å²) in [6.07, 6.45) is 3.29. The molecule has 0 aromatic carbocycles. The lowest BCUT2D eigenvalue weighted by Gasteiger charge is -2.39. The Hall–Kier alpha value is -0.870. The van der Waals surface area contributed by atoms with Gasteiger partial charge in [-0.3, -0.25) is 0 Å². The smallest absolute Gasteiger partial charge is 0.333 e. The second-order valence-corrected chi connectivity index (χ2v) is 6.46. The molecule has 0 aliphatic heterocycles. The Labute approximate surface area is 115 Å². The maximum Gasteiger partial charge on any atom is 0.333 e. The summed E-state index contributed by atoms with van der Waals surface area (Å²) in [7, 11) is 0. The van der Waals surface area contributed by atoms with Gasteiger partial charge in [-0.25, -0.2) is 4.79 Å². The highest BCUT2D eigenvalue weighted by Crippen LogP contribution is 2.33. The zero-order valence-corrected chi connectivity index (χ0v) is 12.5. The van der Waals surface area contributed by atoms with Crippen molar-refractivity contribution < 1.29 is 19.4 Å². The van der Waals surface area contributed by atoms with Gasteiger partial charge in [-0.1, -0.05) is 6.58 Å². The summed E-state index contributed by atoms with van der Waals surface area (Å²) in [6.45, 7) is 11.0. The van der Waals surface area contributed by atoms with Crippen LogP contribution in [-0.2, 0) is 14.3 Å². The van der Waals surface area contributed by atoms with Crippen LogP contribution in [-0.4, -0.2) is 35.0 Å². The van der Waals surface area contributed by atoms with Crippen LogP contribution in [0, 0.1) is 0 Å². The number of carbonyl (C=O) groups excluding carboxylic acids is 1. The van der Waals surface area contributed by atoms with Gasteiger partial charge in [-0.2, -0.15) is 0 Å². The summed E-state index contributed by atoms with van der Waals surface area (Å²) in [5.74, 6) is -0.336. The molecule has 1 N–H and O–H groups in total. The van der Waals surface area contributed by atoms with E-state index in [4.69, 9.17) is 9.47 Å². The van der Waals surface area contributed by atoms with Gasteiger partial charge in [-0.05, 0) is 47.0 Å². The van der Waals surface area contributed by atoms with Gasteiger partial charge in [-0.15, -0.1) is 0 Å². The molecule has 1 aliphatic rings. The molecule has 2 unspecified atom stereocenters. The third kappa shape index (κ3) is 5.74. The Morgan fingerprint density at radius 2 is 2.16 bits per heavy atom. The third-order valence-electron chi connectivity index (χ3n) is 3.29. The highest BCUT2D eigenvalue weighted by molar-refractivity contribution is 5.87. The Morgan fingerprint density at radius 1 is 1.53 bits per heavy atom. The highest BCUT2D eigenvalue weighted by Gasteiger charge is 2.36. The number of hydrogen-bond acceptors (Lipinski definition) is 4. The van der Waals surface area contributed by atoms with Crippen molar-refractivity contribution in [3.05, 3.63) is 12.2 Å². The van der Waals surface area contributed by atoms with Crippen molar-refractivity contribution in [3.8, 4) is 0 Å². The largest absolute Gasteiger partial charge is 0.459 e. The van der Waals surface area contributed by atoms with Gasteiger partial charge in [0.1, 0.15) is 6.10 Å². The summed E-state index contributed by atoms with van der Waals surface area (Å²) in [5.41, 5.74) is -0.757. The summed E-state index contributed by atoms with van der Waals surface area (Å²) in [4.78, 5) is 11.5. The lowest BCUT2D eigenvalue weighted by molar-refractivity contribution is -0.159. The summed E-state index contributed by atoms with van der Waals surface area (Å²) in [5, 5.41) is 9.72. The van der Waals surface area contributed by atoms with Crippen molar-refractivity contribution >= 4 is 5.97 Å². The van der Waals surface area contributed by atoms with Crippen LogP contribution in [0.5, 0.6) is 0 Å². The monoisotopic (exact) mass is 270 g/mol. The number of aliphatic hydroxyl groups is 1. The van der Waals surface area contributed by atoms with Gasteiger partial charge in [0.05, 0.1) is 17.8 Å². The lowest BCUT2D eigenvalue weighted by atomic mass is 9.84. The average Bonchev–Trinajstić information content (AvgIpc) is 2.26. The first-order valence-corrected chi connectivity index (χ1v) is 6.84. The van der Waals surface area contributed by atoms with E-state index in [-0.39, 0.29) is 24.3 Å². The molecule has 0 aromatic rings. The maximum absolute atomic E-state index is 11.5. The molecular formula is C15H26O4. The standard InChI is InChI=1S/C15H26O4/c1-11(2)13(16)19-12-7-6-8-15(5,9-12)18-10-14(3,4)17/h12,17H,1,6-10H2,2-5H3. The number of carbonyl (C=O) groups is 1. The number of esters is 1.